The highest BCUT2D eigenvalue weighted by molar-refractivity contribution is 6.15. The van der Waals surface area contributed by atoms with Crippen molar-refractivity contribution < 1.29 is 19.4 Å². The normalized spacial score (nSPS) is 25.2. The van der Waals surface area contributed by atoms with Crippen LogP contribution in [0, 0.1) is 0 Å². The second-order valence-corrected chi connectivity index (χ2v) is 11.9. The van der Waals surface area contributed by atoms with Crippen molar-refractivity contribution in [2.24, 2.45) is 5.73 Å². The van der Waals surface area contributed by atoms with Gasteiger partial charge in [0.2, 0.25) is 5.54 Å². The lowest BCUT2D eigenvalue weighted by Gasteiger charge is -2.35. The predicted octanol–water partition coefficient (Wildman–Crippen LogP) is 4.13. The number of amides is 1. The van der Waals surface area contributed by atoms with Gasteiger partial charge in [-0.25, -0.2) is 9.67 Å². The second kappa shape index (κ2) is 8.84. The first-order valence-corrected chi connectivity index (χ1v) is 13.9. The maximum Gasteiger partial charge on any atom is 0.270 e. The first kappa shape index (κ1) is 26.4. The molecular weight excluding hydrogens is 506 g/mol. The summed E-state index contributed by atoms with van der Waals surface area (Å²) in [7, 11) is 0. The third kappa shape index (κ3) is 3.40. The van der Waals surface area contributed by atoms with Crippen LogP contribution >= 0.6 is 0 Å². The number of nitrogens with two attached hydrogens (primary N) is 1. The lowest BCUT2D eigenvalue weighted by atomic mass is 9.80. The number of hydrogen-bond acceptors (Lipinski definition) is 7. The number of ketones is 1. The van der Waals surface area contributed by atoms with Crippen molar-refractivity contribution in [3.63, 3.8) is 0 Å². The average Bonchev–Trinajstić information content (AvgIpc) is 3.50. The Morgan fingerprint density at radius 1 is 1.18 bits per heavy atom. The summed E-state index contributed by atoms with van der Waals surface area (Å²) < 4.78 is 8.03. The zero-order valence-electron chi connectivity index (χ0n) is 23.6. The summed E-state index contributed by atoms with van der Waals surface area (Å²) in [4.78, 5) is 33.5. The van der Waals surface area contributed by atoms with Gasteiger partial charge in [-0.15, -0.1) is 0 Å². The van der Waals surface area contributed by atoms with Crippen LogP contribution in [0.25, 0.3) is 11.0 Å². The van der Waals surface area contributed by atoms with E-state index in [4.69, 9.17) is 15.5 Å². The molecule has 3 aliphatic rings. The lowest BCUT2D eigenvalue weighted by molar-refractivity contribution is -0.154. The van der Waals surface area contributed by atoms with E-state index < -0.39 is 29.1 Å². The van der Waals surface area contributed by atoms with E-state index in [2.05, 4.69) is 24.3 Å². The van der Waals surface area contributed by atoms with Gasteiger partial charge in [0, 0.05) is 34.5 Å². The summed E-state index contributed by atoms with van der Waals surface area (Å²) in [6, 6.07) is 6.65. The van der Waals surface area contributed by atoms with E-state index in [-0.39, 0.29) is 29.0 Å². The number of aromatic nitrogens is 3. The number of carbonyl (C=O) groups is 2. The maximum atomic E-state index is 14.4. The molecule has 208 valence electrons. The van der Waals surface area contributed by atoms with Gasteiger partial charge in [0.05, 0.1) is 17.1 Å². The number of rotatable bonds is 5. The molecule has 1 amide bonds. The van der Waals surface area contributed by atoms with Gasteiger partial charge in [-0.05, 0) is 49.8 Å². The van der Waals surface area contributed by atoms with Crippen LogP contribution in [0.2, 0.25) is 0 Å². The van der Waals surface area contributed by atoms with Crippen molar-refractivity contribution in [1.29, 1.82) is 0 Å². The zero-order valence-corrected chi connectivity index (χ0v) is 23.6. The highest BCUT2D eigenvalue weighted by atomic mass is 16.6. The van der Waals surface area contributed by atoms with Crippen LogP contribution in [0.5, 0.6) is 5.75 Å². The van der Waals surface area contributed by atoms with Gasteiger partial charge >= 0.3 is 0 Å². The molecule has 0 bridgehead atoms. The van der Waals surface area contributed by atoms with E-state index in [0.717, 1.165) is 11.3 Å². The first-order valence-electron chi connectivity index (χ1n) is 13.9. The molecule has 0 saturated carbocycles. The Kier molecular flexibility index (Phi) is 5.84. The quantitative estimate of drug-likeness (QED) is 0.442. The molecule has 0 spiro atoms. The second-order valence-electron chi connectivity index (χ2n) is 11.9. The van der Waals surface area contributed by atoms with Crippen LogP contribution in [0.4, 0.5) is 0 Å². The molecular formula is C31H35N5O4. The molecule has 2 aliphatic carbocycles. The number of hydrogen-bond donors (Lipinski definition) is 3. The number of aliphatic hydroxyl groups is 1. The molecule has 2 aromatic heterocycles. The van der Waals surface area contributed by atoms with Crippen molar-refractivity contribution >= 4 is 22.7 Å². The number of benzene rings is 1. The van der Waals surface area contributed by atoms with Crippen LogP contribution < -0.4 is 15.8 Å². The van der Waals surface area contributed by atoms with E-state index >= 15 is 0 Å². The minimum Gasteiger partial charge on any atom is -0.454 e. The largest absolute Gasteiger partial charge is 0.454 e. The number of pyridine rings is 1. The lowest BCUT2D eigenvalue weighted by Crippen LogP contribution is -2.63. The molecule has 4 N–H and O–H groups in total. The molecule has 3 aromatic rings. The van der Waals surface area contributed by atoms with Crippen LogP contribution in [0.1, 0.15) is 93.0 Å². The van der Waals surface area contributed by atoms with E-state index in [1.807, 2.05) is 45.9 Å². The Labute approximate surface area is 233 Å². The SMILES string of the molecule is CC(C)c1ccc2c(c1)OC1(O)C3=C(C(=O)C21NC(=O)c1cc(C(C)C)nc2c1cnn2C(C)C)C(N)CC=C3. The molecule has 1 aliphatic heterocycles. The molecule has 9 nitrogen and oxygen atoms in total. The highest BCUT2D eigenvalue weighted by Gasteiger charge is 2.72. The van der Waals surface area contributed by atoms with E-state index in [9.17, 15) is 14.7 Å². The smallest absolute Gasteiger partial charge is 0.270 e. The Morgan fingerprint density at radius 2 is 1.93 bits per heavy atom. The number of fused-ring (bicyclic) bond motifs is 5. The van der Waals surface area contributed by atoms with Crippen molar-refractivity contribution in [2.45, 2.75) is 83.2 Å². The minimum atomic E-state index is -2.16. The van der Waals surface area contributed by atoms with E-state index in [0.29, 0.717) is 34.3 Å². The number of carbonyl (C=O) groups excluding carboxylic acids is 2. The van der Waals surface area contributed by atoms with Crippen molar-refractivity contribution in [2.75, 3.05) is 0 Å². The summed E-state index contributed by atoms with van der Waals surface area (Å²) in [5.41, 5.74) is 8.06. The molecule has 3 heterocycles. The van der Waals surface area contributed by atoms with Gasteiger partial charge in [0.1, 0.15) is 5.75 Å². The number of ether oxygens (including phenoxy) is 1. The van der Waals surface area contributed by atoms with Crippen molar-refractivity contribution in [1.82, 2.24) is 20.1 Å². The summed E-state index contributed by atoms with van der Waals surface area (Å²) in [5, 5.41) is 20.3. The van der Waals surface area contributed by atoms with E-state index in [1.54, 1.807) is 29.1 Å². The Balaban J connectivity index is 1.55. The van der Waals surface area contributed by atoms with Gasteiger partial charge < -0.3 is 20.9 Å². The molecule has 3 unspecified atom stereocenters. The first-order chi connectivity index (χ1) is 18.9. The van der Waals surface area contributed by atoms with Crippen LogP contribution in [0.15, 0.2) is 53.8 Å². The van der Waals surface area contributed by atoms with Crippen LogP contribution in [-0.4, -0.2) is 43.4 Å². The fraction of sp³-hybridized carbons (Fsp3) is 0.419. The standard InChI is InChI=1S/C31H35N5O4/c1-15(2)18-10-11-21-25(12-18)40-31(39)22-8-7-9-23(32)26(22)27(37)30(21,31)35-29(38)19-13-24(16(3)4)34-28-20(19)14-33-36(28)17(5)6/h7-8,10-17,23,39H,9,32H2,1-6H3,(H,35,38). The van der Waals surface area contributed by atoms with Crippen LogP contribution in [0.3, 0.4) is 0 Å². The fourth-order valence-electron chi connectivity index (χ4n) is 6.12. The molecule has 40 heavy (non-hydrogen) atoms. The molecule has 9 heteroatoms. The van der Waals surface area contributed by atoms with E-state index in [1.165, 1.54) is 0 Å². The summed E-state index contributed by atoms with van der Waals surface area (Å²) in [6.45, 7) is 12.1. The predicted molar refractivity (Wildman–Crippen MR) is 151 cm³/mol. The number of nitrogens with one attached hydrogen (secondary N) is 1. The molecule has 0 fully saturated rings. The molecule has 0 radical (unpaired) electrons. The van der Waals surface area contributed by atoms with Gasteiger partial charge in [0.15, 0.2) is 11.4 Å². The zero-order chi connectivity index (χ0) is 28.7. The minimum absolute atomic E-state index is 0.0258. The molecule has 3 atom stereocenters. The van der Waals surface area contributed by atoms with Crippen LogP contribution in [-0.2, 0) is 10.3 Å². The third-order valence-corrected chi connectivity index (χ3v) is 8.34. The Bertz CT molecular complexity index is 1650. The van der Waals surface area contributed by atoms with Crippen molar-refractivity contribution in [3.05, 3.63) is 76.1 Å². The summed E-state index contributed by atoms with van der Waals surface area (Å²) in [5.74, 6) is -2.56. The Hall–Kier alpha value is -3.82. The maximum absolute atomic E-state index is 14.4. The third-order valence-electron chi connectivity index (χ3n) is 8.34. The molecule has 6 rings (SSSR count). The average molecular weight is 542 g/mol. The van der Waals surface area contributed by atoms with Gasteiger partial charge in [-0.3, -0.25) is 9.59 Å². The molecule has 1 aromatic carbocycles. The van der Waals surface area contributed by atoms with Gasteiger partial charge in [-0.1, -0.05) is 52.0 Å². The summed E-state index contributed by atoms with van der Waals surface area (Å²) >= 11 is 0. The van der Waals surface area contributed by atoms with Crippen molar-refractivity contribution in [3.8, 4) is 5.75 Å². The monoisotopic (exact) mass is 541 g/mol. The summed E-state index contributed by atoms with van der Waals surface area (Å²) in [6.07, 6.45) is 5.58. The Morgan fingerprint density at radius 3 is 2.60 bits per heavy atom. The van der Waals surface area contributed by atoms with Gasteiger partial charge in [-0.2, -0.15) is 5.10 Å². The highest BCUT2D eigenvalue weighted by Crippen LogP contribution is 2.58. The fourth-order valence-corrected chi connectivity index (χ4v) is 6.12. The topological polar surface area (TPSA) is 132 Å². The molecule has 0 saturated heterocycles. The number of Topliss-reactive ketones (excluding diaryl/α,β-unsaturated/α-hetero) is 1. The van der Waals surface area contributed by atoms with Gasteiger partial charge in [0.25, 0.3) is 11.7 Å². The number of nitrogens with zero attached hydrogens (tertiary/aromatic N) is 3.